The number of imide groups is 1. The van der Waals surface area contributed by atoms with Crippen LogP contribution in [0.2, 0.25) is 0 Å². The first-order valence-corrected chi connectivity index (χ1v) is 9.08. The van der Waals surface area contributed by atoms with E-state index in [4.69, 9.17) is 0 Å². The second-order valence-electron chi connectivity index (χ2n) is 6.31. The fraction of sp³-hybridized carbons (Fsp3) is 0.316. The fourth-order valence-corrected chi connectivity index (χ4v) is 4.28. The molecule has 1 saturated heterocycles. The van der Waals surface area contributed by atoms with Crippen molar-refractivity contribution < 1.29 is 9.59 Å². The van der Waals surface area contributed by atoms with E-state index in [0.717, 1.165) is 17.1 Å². The lowest BCUT2D eigenvalue weighted by Gasteiger charge is -2.14. The number of allylic oxidation sites excluding steroid dienone is 2. The van der Waals surface area contributed by atoms with E-state index in [1.54, 1.807) is 11.3 Å². The summed E-state index contributed by atoms with van der Waals surface area (Å²) in [4.78, 5) is 31.0. The van der Waals surface area contributed by atoms with Crippen molar-refractivity contribution in [2.45, 2.75) is 25.8 Å². The Balaban J connectivity index is 1.46. The van der Waals surface area contributed by atoms with Crippen LogP contribution in [0.25, 0.3) is 0 Å². The van der Waals surface area contributed by atoms with Crippen LogP contribution in [-0.2, 0) is 22.6 Å². The largest absolute Gasteiger partial charge is 0.276 e. The molecule has 5 heteroatoms. The van der Waals surface area contributed by atoms with E-state index in [-0.39, 0.29) is 23.7 Å². The minimum atomic E-state index is -0.162. The Bertz CT molecular complexity index is 771. The molecule has 0 spiro atoms. The molecule has 2 aliphatic rings. The second-order valence-corrected chi connectivity index (χ2v) is 7.26. The zero-order valence-electron chi connectivity index (χ0n) is 13.2. The monoisotopic (exact) mass is 338 g/mol. The quantitative estimate of drug-likeness (QED) is 0.635. The smallest absolute Gasteiger partial charge is 0.233 e. The van der Waals surface area contributed by atoms with E-state index in [0.29, 0.717) is 19.4 Å². The van der Waals surface area contributed by atoms with Crippen LogP contribution in [0.1, 0.15) is 29.1 Å². The highest BCUT2D eigenvalue weighted by atomic mass is 32.1. The lowest BCUT2D eigenvalue weighted by atomic mass is 9.85. The Morgan fingerprint density at radius 2 is 1.71 bits per heavy atom. The van der Waals surface area contributed by atoms with Crippen molar-refractivity contribution in [3.8, 4) is 0 Å². The maximum absolute atomic E-state index is 12.5. The van der Waals surface area contributed by atoms with Crippen molar-refractivity contribution >= 4 is 23.2 Å². The van der Waals surface area contributed by atoms with Gasteiger partial charge in [-0.3, -0.25) is 14.5 Å². The average molecular weight is 338 g/mol. The molecule has 0 N–H and O–H groups in total. The van der Waals surface area contributed by atoms with Crippen molar-refractivity contribution in [1.82, 2.24) is 9.88 Å². The van der Waals surface area contributed by atoms with Crippen LogP contribution in [0.15, 0.2) is 47.9 Å². The summed E-state index contributed by atoms with van der Waals surface area (Å²) in [7, 11) is 0. The van der Waals surface area contributed by atoms with Crippen molar-refractivity contribution in [1.29, 1.82) is 0 Å². The average Bonchev–Trinajstić information content (AvgIpc) is 3.15. The molecule has 1 aliphatic carbocycles. The van der Waals surface area contributed by atoms with Gasteiger partial charge in [-0.05, 0) is 18.4 Å². The maximum Gasteiger partial charge on any atom is 0.233 e. The molecule has 1 fully saturated rings. The lowest BCUT2D eigenvalue weighted by molar-refractivity contribution is -0.140. The Kier molecular flexibility index (Phi) is 4.02. The van der Waals surface area contributed by atoms with E-state index in [2.05, 4.69) is 17.1 Å². The number of carbonyl (C=O) groups is 2. The number of rotatable bonds is 4. The molecule has 2 atom stereocenters. The highest BCUT2D eigenvalue weighted by molar-refractivity contribution is 7.09. The van der Waals surface area contributed by atoms with E-state index >= 15 is 0 Å². The second kappa shape index (κ2) is 6.32. The highest BCUT2D eigenvalue weighted by Crippen LogP contribution is 2.35. The molecule has 1 aliphatic heterocycles. The van der Waals surface area contributed by atoms with Crippen LogP contribution in [0.3, 0.4) is 0 Å². The molecule has 1 aromatic heterocycles. The third-order valence-electron chi connectivity index (χ3n) is 4.72. The Labute approximate surface area is 144 Å². The third kappa shape index (κ3) is 2.80. The van der Waals surface area contributed by atoms with Gasteiger partial charge in [-0.1, -0.05) is 42.5 Å². The molecule has 0 saturated carbocycles. The van der Waals surface area contributed by atoms with Gasteiger partial charge in [0.2, 0.25) is 11.8 Å². The molecule has 24 heavy (non-hydrogen) atoms. The van der Waals surface area contributed by atoms with E-state index in [1.165, 1.54) is 10.5 Å². The summed E-state index contributed by atoms with van der Waals surface area (Å²) in [6.07, 6.45) is 6.17. The predicted octanol–water partition coefficient (Wildman–Crippen LogP) is 3.19. The molecule has 0 unspecified atom stereocenters. The van der Waals surface area contributed by atoms with Crippen molar-refractivity contribution in [2.75, 3.05) is 0 Å². The summed E-state index contributed by atoms with van der Waals surface area (Å²) in [6, 6.07) is 10.2. The third-order valence-corrected chi connectivity index (χ3v) is 5.61. The van der Waals surface area contributed by atoms with Gasteiger partial charge in [0.1, 0.15) is 0 Å². The van der Waals surface area contributed by atoms with Gasteiger partial charge >= 0.3 is 0 Å². The molecule has 4 nitrogen and oxygen atoms in total. The Morgan fingerprint density at radius 3 is 2.38 bits per heavy atom. The minimum Gasteiger partial charge on any atom is -0.276 e. The van der Waals surface area contributed by atoms with Gasteiger partial charge in [0.15, 0.2) is 0 Å². The van der Waals surface area contributed by atoms with E-state index in [1.807, 2.05) is 35.7 Å². The Hall–Kier alpha value is -2.27. The normalized spacial score (nSPS) is 22.9. The molecule has 0 bridgehead atoms. The number of benzene rings is 1. The van der Waals surface area contributed by atoms with Crippen LogP contribution in [0.5, 0.6) is 0 Å². The van der Waals surface area contributed by atoms with Gasteiger partial charge in [0, 0.05) is 11.8 Å². The molecule has 0 radical (unpaired) electrons. The summed E-state index contributed by atoms with van der Waals surface area (Å²) in [5.74, 6) is -0.395. The predicted molar refractivity (Wildman–Crippen MR) is 92.3 cm³/mol. The molecule has 122 valence electrons. The summed E-state index contributed by atoms with van der Waals surface area (Å²) in [6.45, 7) is 0.302. The number of carbonyl (C=O) groups excluding carboxylic acids is 2. The molecular weight excluding hydrogens is 320 g/mol. The summed E-state index contributed by atoms with van der Waals surface area (Å²) in [5, 5.41) is 2.97. The zero-order chi connectivity index (χ0) is 16.5. The van der Waals surface area contributed by atoms with Crippen LogP contribution in [0, 0.1) is 11.8 Å². The molecule has 1 aromatic carbocycles. The van der Waals surface area contributed by atoms with Gasteiger partial charge < -0.3 is 0 Å². The number of thiazole rings is 1. The summed E-state index contributed by atoms with van der Waals surface area (Å²) >= 11 is 1.58. The van der Waals surface area contributed by atoms with Crippen LogP contribution < -0.4 is 0 Å². The van der Waals surface area contributed by atoms with E-state index in [9.17, 15) is 9.59 Å². The topological polar surface area (TPSA) is 50.3 Å². The first kappa shape index (κ1) is 15.3. The van der Waals surface area contributed by atoms with Gasteiger partial charge in [-0.25, -0.2) is 4.98 Å². The first-order chi connectivity index (χ1) is 11.7. The van der Waals surface area contributed by atoms with Crippen LogP contribution in [0.4, 0.5) is 0 Å². The molecule has 2 aromatic rings. The van der Waals surface area contributed by atoms with Gasteiger partial charge in [0.25, 0.3) is 0 Å². The van der Waals surface area contributed by atoms with Crippen LogP contribution >= 0.6 is 11.3 Å². The number of fused-ring (bicyclic) bond motifs is 1. The first-order valence-electron chi connectivity index (χ1n) is 8.20. The fourth-order valence-electron chi connectivity index (χ4n) is 3.46. The number of hydrogen-bond acceptors (Lipinski definition) is 4. The lowest BCUT2D eigenvalue weighted by Crippen LogP contribution is -2.30. The van der Waals surface area contributed by atoms with Gasteiger partial charge in [-0.15, -0.1) is 11.3 Å². The standard InChI is InChI=1S/C19H18N2O2S/c22-18-15-8-4-5-9-16(15)19(23)21(18)11-14-12-24-17(20-14)10-13-6-2-1-3-7-13/h1-7,12,15-16H,8-11H2/t15-,16-/m1/s1. The molecular formula is C19H18N2O2S. The van der Waals surface area contributed by atoms with Crippen molar-refractivity contribution in [3.63, 3.8) is 0 Å². The maximum atomic E-state index is 12.5. The van der Waals surface area contributed by atoms with Gasteiger partial charge in [-0.2, -0.15) is 0 Å². The molecule has 2 amide bonds. The Morgan fingerprint density at radius 1 is 1.04 bits per heavy atom. The number of likely N-dealkylation sites (tertiary alicyclic amines) is 1. The number of amides is 2. The zero-order valence-corrected chi connectivity index (χ0v) is 14.0. The van der Waals surface area contributed by atoms with E-state index < -0.39 is 0 Å². The number of nitrogens with zero attached hydrogens (tertiary/aromatic N) is 2. The van der Waals surface area contributed by atoms with Crippen LogP contribution in [-0.4, -0.2) is 21.7 Å². The number of aromatic nitrogens is 1. The van der Waals surface area contributed by atoms with Crippen molar-refractivity contribution in [3.05, 3.63) is 64.1 Å². The summed E-state index contributed by atoms with van der Waals surface area (Å²) < 4.78 is 0. The minimum absolute atomic E-state index is 0.0352. The van der Waals surface area contributed by atoms with Gasteiger partial charge in [0.05, 0.1) is 29.1 Å². The highest BCUT2D eigenvalue weighted by Gasteiger charge is 2.47. The SMILES string of the molecule is O=C1[C@@H]2CC=CC[C@H]2C(=O)N1Cc1csc(Cc2ccccc2)n1. The molecule has 4 rings (SSSR count). The molecule has 2 heterocycles. The van der Waals surface area contributed by atoms with Crippen molar-refractivity contribution in [2.24, 2.45) is 11.8 Å². The number of hydrogen-bond donors (Lipinski definition) is 0. The summed E-state index contributed by atoms with van der Waals surface area (Å²) in [5.41, 5.74) is 2.02.